The van der Waals surface area contributed by atoms with Gasteiger partial charge in [0.1, 0.15) is 34.8 Å². The average Bonchev–Trinajstić information content (AvgIpc) is 2.89. The molecule has 3 aromatic rings. The Morgan fingerprint density at radius 1 is 1.29 bits per heavy atom. The van der Waals surface area contributed by atoms with Crippen molar-refractivity contribution in [3.63, 3.8) is 0 Å². The van der Waals surface area contributed by atoms with Gasteiger partial charge in [0, 0.05) is 11.8 Å². The third-order valence-corrected chi connectivity index (χ3v) is 2.98. The molecule has 0 unspecified atom stereocenters. The van der Waals surface area contributed by atoms with Gasteiger partial charge in [-0.25, -0.2) is 18.7 Å². The highest BCUT2D eigenvalue weighted by Gasteiger charge is 2.16. The van der Waals surface area contributed by atoms with Gasteiger partial charge in [0.25, 0.3) is 0 Å². The minimum absolute atomic E-state index is 0.171. The Hall–Kier alpha value is -2.92. The van der Waals surface area contributed by atoms with Crippen molar-refractivity contribution in [2.45, 2.75) is 6.54 Å². The zero-order chi connectivity index (χ0) is 15.0. The van der Waals surface area contributed by atoms with Gasteiger partial charge in [0.2, 0.25) is 0 Å². The maximum atomic E-state index is 13.7. The van der Waals surface area contributed by atoms with E-state index in [9.17, 15) is 8.78 Å². The topological polar surface area (TPSA) is 104 Å². The summed E-state index contributed by atoms with van der Waals surface area (Å²) in [6.45, 7) is 0.171. The zero-order valence-corrected chi connectivity index (χ0v) is 10.6. The molecule has 0 spiro atoms. The smallest absolute Gasteiger partial charge is 0.159 e. The monoisotopic (exact) mass is 286 g/mol. The number of aromatic nitrogens is 4. The molecule has 0 fully saturated rings. The molecule has 0 aliphatic heterocycles. The van der Waals surface area contributed by atoms with Crippen molar-refractivity contribution in [2.75, 3.05) is 0 Å². The lowest BCUT2D eigenvalue weighted by molar-refractivity contribution is 0.577. The third kappa shape index (κ3) is 2.09. The van der Waals surface area contributed by atoms with Crippen molar-refractivity contribution in [1.82, 2.24) is 20.2 Å². The van der Waals surface area contributed by atoms with Crippen LogP contribution in [0, 0.1) is 23.0 Å². The van der Waals surface area contributed by atoms with Gasteiger partial charge in [-0.05, 0) is 12.1 Å². The van der Waals surface area contributed by atoms with E-state index in [-0.39, 0.29) is 12.1 Å². The molecular formula is C13H8F2N6. The molecule has 21 heavy (non-hydrogen) atoms. The van der Waals surface area contributed by atoms with E-state index < -0.39 is 17.2 Å². The molecule has 3 rings (SSSR count). The summed E-state index contributed by atoms with van der Waals surface area (Å²) >= 11 is 0. The number of benzene rings is 1. The quantitative estimate of drug-likeness (QED) is 0.745. The molecule has 0 radical (unpaired) electrons. The number of rotatable bonds is 2. The van der Waals surface area contributed by atoms with Crippen molar-refractivity contribution >= 4 is 11.0 Å². The highest BCUT2D eigenvalue weighted by molar-refractivity contribution is 5.90. The van der Waals surface area contributed by atoms with Crippen molar-refractivity contribution in [1.29, 1.82) is 5.26 Å². The van der Waals surface area contributed by atoms with Gasteiger partial charge in [0.05, 0.1) is 11.9 Å². The molecule has 0 atom stereocenters. The first kappa shape index (κ1) is 13.1. The van der Waals surface area contributed by atoms with Crippen LogP contribution in [0.1, 0.15) is 11.4 Å². The van der Waals surface area contributed by atoms with Crippen LogP contribution in [-0.4, -0.2) is 20.2 Å². The second-order valence-corrected chi connectivity index (χ2v) is 4.25. The Morgan fingerprint density at radius 3 is 2.62 bits per heavy atom. The largest absolute Gasteiger partial charge is 0.324 e. The number of nitrogens with one attached hydrogen (secondary N) is 1. The summed E-state index contributed by atoms with van der Waals surface area (Å²) in [6.07, 6.45) is 1.48. The number of fused-ring (bicyclic) bond motifs is 1. The normalized spacial score (nSPS) is 10.8. The number of nitrogens with zero attached hydrogens (tertiary/aromatic N) is 4. The standard InChI is InChI=1S/C13H8F2N6/c14-9-1-6(2-10(15)7(9)3-16)12-8-5-18-11(4-17)19-13(8)21-20-12/h1-2,5H,4,17H2,(H,18,19,20,21). The molecule has 8 heteroatoms. The SMILES string of the molecule is N#Cc1c(F)cc(-c2n[nH]c3nc(CN)ncc23)cc1F. The van der Waals surface area contributed by atoms with Crippen LogP contribution in [0.2, 0.25) is 0 Å². The molecule has 2 aromatic heterocycles. The van der Waals surface area contributed by atoms with E-state index in [2.05, 4.69) is 20.2 Å². The predicted octanol–water partition coefficient (Wildman–Crippen LogP) is 1.63. The molecule has 0 saturated heterocycles. The van der Waals surface area contributed by atoms with Crippen LogP contribution in [0.15, 0.2) is 18.3 Å². The number of hydrogen-bond donors (Lipinski definition) is 2. The number of nitriles is 1. The molecule has 0 saturated carbocycles. The van der Waals surface area contributed by atoms with Crippen molar-refractivity contribution in [3.8, 4) is 17.3 Å². The van der Waals surface area contributed by atoms with Crippen molar-refractivity contribution in [3.05, 3.63) is 41.4 Å². The molecule has 104 valence electrons. The summed E-state index contributed by atoms with van der Waals surface area (Å²) in [5, 5.41) is 15.8. The number of aromatic amines is 1. The highest BCUT2D eigenvalue weighted by Crippen LogP contribution is 2.27. The van der Waals surface area contributed by atoms with E-state index in [4.69, 9.17) is 11.0 Å². The summed E-state index contributed by atoms with van der Waals surface area (Å²) < 4.78 is 27.3. The van der Waals surface area contributed by atoms with Gasteiger partial charge in [-0.1, -0.05) is 0 Å². The number of hydrogen-bond acceptors (Lipinski definition) is 5. The molecule has 0 bridgehead atoms. The second kappa shape index (κ2) is 4.88. The Balaban J connectivity index is 2.20. The lowest BCUT2D eigenvalue weighted by Gasteiger charge is -2.01. The fourth-order valence-corrected chi connectivity index (χ4v) is 1.98. The Bertz CT molecular complexity index is 857. The summed E-state index contributed by atoms with van der Waals surface area (Å²) in [5.74, 6) is -1.46. The van der Waals surface area contributed by atoms with Crippen LogP contribution in [0.3, 0.4) is 0 Å². The van der Waals surface area contributed by atoms with Gasteiger partial charge >= 0.3 is 0 Å². The predicted molar refractivity (Wildman–Crippen MR) is 69.6 cm³/mol. The molecule has 6 nitrogen and oxygen atoms in total. The zero-order valence-electron chi connectivity index (χ0n) is 10.6. The van der Waals surface area contributed by atoms with Crippen LogP contribution in [0.5, 0.6) is 0 Å². The number of halogens is 2. The van der Waals surface area contributed by atoms with Crippen LogP contribution in [0.25, 0.3) is 22.3 Å². The Kier molecular flexibility index (Phi) is 3.04. The van der Waals surface area contributed by atoms with Crippen LogP contribution in [-0.2, 0) is 6.54 Å². The minimum Gasteiger partial charge on any atom is -0.324 e. The molecule has 1 aromatic carbocycles. The van der Waals surface area contributed by atoms with E-state index in [1.807, 2.05) is 0 Å². The Labute approximate surface area is 117 Å². The van der Waals surface area contributed by atoms with Gasteiger partial charge in [-0.3, -0.25) is 5.10 Å². The van der Waals surface area contributed by atoms with Crippen LogP contribution >= 0.6 is 0 Å². The van der Waals surface area contributed by atoms with Crippen LogP contribution < -0.4 is 5.73 Å². The van der Waals surface area contributed by atoms with Gasteiger partial charge < -0.3 is 5.73 Å². The summed E-state index contributed by atoms with van der Waals surface area (Å²) in [5.41, 5.74) is 5.73. The third-order valence-electron chi connectivity index (χ3n) is 2.98. The number of H-pyrrole nitrogens is 1. The Morgan fingerprint density at radius 2 is 2.00 bits per heavy atom. The van der Waals surface area contributed by atoms with Crippen molar-refractivity contribution in [2.24, 2.45) is 5.73 Å². The van der Waals surface area contributed by atoms with Crippen molar-refractivity contribution < 1.29 is 8.78 Å². The molecule has 3 N–H and O–H groups in total. The second-order valence-electron chi connectivity index (χ2n) is 4.25. The summed E-state index contributed by atoms with van der Waals surface area (Å²) in [7, 11) is 0. The minimum atomic E-state index is -0.942. The molecule has 0 aliphatic carbocycles. The van der Waals surface area contributed by atoms with E-state index in [1.165, 1.54) is 12.3 Å². The summed E-state index contributed by atoms with van der Waals surface area (Å²) in [6, 6.07) is 3.57. The molecule has 2 heterocycles. The van der Waals surface area contributed by atoms with Crippen LogP contribution in [0.4, 0.5) is 8.78 Å². The van der Waals surface area contributed by atoms with E-state index in [0.717, 1.165) is 12.1 Å². The molecular weight excluding hydrogens is 278 g/mol. The van der Waals surface area contributed by atoms with Gasteiger partial charge in [-0.2, -0.15) is 10.4 Å². The average molecular weight is 286 g/mol. The fraction of sp³-hybridized carbons (Fsp3) is 0.0769. The first-order valence-electron chi connectivity index (χ1n) is 5.93. The highest BCUT2D eigenvalue weighted by atomic mass is 19.1. The van der Waals surface area contributed by atoms with E-state index in [1.54, 1.807) is 0 Å². The fourth-order valence-electron chi connectivity index (χ4n) is 1.98. The van der Waals surface area contributed by atoms with E-state index in [0.29, 0.717) is 22.6 Å². The van der Waals surface area contributed by atoms with E-state index >= 15 is 0 Å². The summed E-state index contributed by atoms with van der Waals surface area (Å²) in [4.78, 5) is 8.15. The number of nitrogens with two attached hydrogens (primary N) is 1. The van der Waals surface area contributed by atoms with Gasteiger partial charge in [-0.15, -0.1) is 0 Å². The van der Waals surface area contributed by atoms with Gasteiger partial charge in [0.15, 0.2) is 5.65 Å². The lowest BCUT2D eigenvalue weighted by Crippen LogP contribution is -2.02. The molecule has 0 aliphatic rings. The lowest BCUT2D eigenvalue weighted by atomic mass is 10.1. The maximum Gasteiger partial charge on any atom is 0.159 e. The first-order valence-corrected chi connectivity index (χ1v) is 5.93. The maximum absolute atomic E-state index is 13.7. The first-order chi connectivity index (χ1) is 10.1. The molecule has 0 amide bonds.